The molecular weight excluding hydrogens is 278 g/mol. The van der Waals surface area contributed by atoms with Crippen molar-refractivity contribution in [1.82, 2.24) is 4.98 Å². The number of benzene rings is 1. The number of aromatic amines is 1. The second-order valence-corrected chi connectivity index (χ2v) is 5.88. The van der Waals surface area contributed by atoms with Crippen LogP contribution >= 0.6 is 15.9 Å². The third-order valence-corrected chi connectivity index (χ3v) is 4.32. The molecule has 1 saturated carbocycles. The Balaban J connectivity index is 1.90. The second kappa shape index (κ2) is 4.46. The molecule has 2 unspecified atom stereocenters. The lowest BCUT2D eigenvalue weighted by Crippen LogP contribution is -2.15. The summed E-state index contributed by atoms with van der Waals surface area (Å²) < 4.78 is 1.10. The fraction of sp³-hybridized carbons (Fsp3) is 0.429. The number of aliphatic hydroxyl groups is 1. The highest BCUT2D eigenvalue weighted by Crippen LogP contribution is 2.31. The largest absolute Gasteiger partial charge is 0.393 e. The fourth-order valence-electron chi connectivity index (χ4n) is 2.87. The van der Waals surface area contributed by atoms with Gasteiger partial charge in [0.15, 0.2) is 0 Å². The van der Waals surface area contributed by atoms with Gasteiger partial charge in [-0.2, -0.15) is 0 Å². The highest BCUT2D eigenvalue weighted by atomic mass is 79.9. The first-order valence-electron chi connectivity index (χ1n) is 6.17. The van der Waals surface area contributed by atoms with Crippen LogP contribution in [0.3, 0.4) is 0 Å². The zero-order chi connectivity index (χ0) is 11.8. The molecule has 1 heterocycles. The van der Waals surface area contributed by atoms with Gasteiger partial charge in [-0.25, -0.2) is 0 Å². The Morgan fingerprint density at radius 3 is 3.00 bits per heavy atom. The van der Waals surface area contributed by atoms with E-state index in [4.69, 9.17) is 0 Å². The maximum absolute atomic E-state index is 9.89. The molecule has 2 aromatic rings. The van der Waals surface area contributed by atoms with Gasteiger partial charge in [0, 0.05) is 21.6 Å². The first-order chi connectivity index (χ1) is 8.24. The van der Waals surface area contributed by atoms with E-state index in [1.165, 1.54) is 22.9 Å². The number of H-pyrrole nitrogens is 1. The number of rotatable bonds is 2. The van der Waals surface area contributed by atoms with Gasteiger partial charge in [0.25, 0.3) is 0 Å². The van der Waals surface area contributed by atoms with E-state index >= 15 is 0 Å². The highest BCUT2D eigenvalue weighted by molar-refractivity contribution is 9.10. The predicted octanol–water partition coefficient (Wildman–Crippen LogP) is 3.63. The van der Waals surface area contributed by atoms with Crippen LogP contribution in [0.25, 0.3) is 10.9 Å². The van der Waals surface area contributed by atoms with Crippen LogP contribution in [0.4, 0.5) is 0 Å². The molecule has 3 heteroatoms. The molecule has 0 amide bonds. The molecule has 0 spiro atoms. The molecule has 1 aromatic carbocycles. The first kappa shape index (κ1) is 11.3. The molecule has 0 radical (unpaired) electrons. The van der Waals surface area contributed by atoms with E-state index in [0.717, 1.165) is 23.7 Å². The lowest BCUT2D eigenvalue weighted by Gasteiger charge is -2.13. The topological polar surface area (TPSA) is 36.0 Å². The van der Waals surface area contributed by atoms with Gasteiger partial charge in [0.1, 0.15) is 0 Å². The standard InChI is InChI=1S/C14H16BrNO/c15-11-4-5-12-10(8-16-13(12)7-11)6-9-2-1-3-14(9)17/h4-5,7-9,14,16-17H,1-3,6H2. The molecule has 1 aromatic heterocycles. The molecular formula is C14H16BrNO. The zero-order valence-electron chi connectivity index (χ0n) is 9.62. The minimum absolute atomic E-state index is 0.101. The van der Waals surface area contributed by atoms with E-state index in [1.807, 2.05) is 0 Å². The van der Waals surface area contributed by atoms with Crippen LogP contribution < -0.4 is 0 Å². The van der Waals surface area contributed by atoms with Crippen LogP contribution in [0.15, 0.2) is 28.9 Å². The van der Waals surface area contributed by atoms with Crippen LogP contribution in [0.5, 0.6) is 0 Å². The monoisotopic (exact) mass is 293 g/mol. The third kappa shape index (κ3) is 2.14. The Labute approximate surface area is 109 Å². The Morgan fingerprint density at radius 2 is 2.24 bits per heavy atom. The molecule has 90 valence electrons. The molecule has 0 aliphatic heterocycles. The summed E-state index contributed by atoms with van der Waals surface area (Å²) in [7, 11) is 0. The van der Waals surface area contributed by atoms with Gasteiger partial charge in [-0.15, -0.1) is 0 Å². The van der Waals surface area contributed by atoms with Gasteiger partial charge in [-0.3, -0.25) is 0 Å². The zero-order valence-corrected chi connectivity index (χ0v) is 11.2. The molecule has 1 aliphatic carbocycles. The normalized spacial score (nSPS) is 24.6. The van der Waals surface area contributed by atoms with Crippen molar-refractivity contribution in [2.45, 2.75) is 31.8 Å². The summed E-state index contributed by atoms with van der Waals surface area (Å²) in [6.45, 7) is 0. The van der Waals surface area contributed by atoms with Gasteiger partial charge < -0.3 is 10.1 Å². The van der Waals surface area contributed by atoms with Crippen molar-refractivity contribution in [3.05, 3.63) is 34.4 Å². The summed E-state index contributed by atoms with van der Waals surface area (Å²) in [5.41, 5.74) is 2.50. The molecule has 0 saturated heterocycles. The summed E-state index contributed by atoms with van der Waals surface area (Å²) in [4.78, 5) is 3.31. The maximum Gasteiger partial charge on any atom is 0.0571 e. The van der Waals surface area contributed by atoms with Crippen LogP contribution in [0.2, 0.25) is 0 Å². The summed E-state index contributed by atoms with van der Waals surface area (Å²) in [5, 5.41) is 11.2. The fourth-order valence-corrected chi connectivity index (χ4v) is 3.23. The van der Waals surface area contributed by atoms with E-state index in [-0.39, 0.29) is 6.10 Å². The van der Waals surface area contributed by atoms with Gasteiger partial charge >= 0.3 is 0 Å². The van der Waals surface area contributed by atoms with Crippen molar-refractivity contribution in [3.63, 3.8) is 0 Å². The van der Waals surface area contributed by atoms with Crippen LogP contribution in [0, 0.1) is 5.92 Å². The minimum atomic E-state index is -0.101. The average molecular weight is 294 g/mol. The molecule has 2 nitrogen and oxygen atoms in total. The predicted molar refractivity (Wildman–Crippen MR) is 73.1 cm³/mol. The summed E-state index contributed by atoms with van der Waals surface area (Å²) in [5.74, 6) is 0.442. The van der Waals surface area contributed by atoms with Crippen LogP contribution in [-0.4, -0.2) is 16.2 Å². The van der Waals surface area contributed by atoms with E-state index < -0.39 is 0 Å². The van der Waals surface area contributed by atoms with Crippen molar-refractivity contribution in [3.8, 4) is 0 Å². The van der Waals surface area contributed by atoms with Crippen molar-refractivity contribution < 1.29 is 5.11 Å². The molecule has 17 heavy (non-hydrogen) atoms. The number of fused-ring (bicyclic) bond motifs is 1. The second-order valence-electron chi connectivity index (χ2n) is 4.97. The maximum atomic E-state index is 9.89. The SMILES string of the molecule is OC1CCCC1Cc1c[nH]c2cc(Br)ccc12. The molecule has 2 atom stereocenters. The first-order valence-corrected chi connectivity index (χ1v) is 6.97. The van der Waals surface area contributed by atoms with Crippen LogP contribution in [-0.2, 0) is 6.42 Å². The average Bonchev–Trinajstić information content (AvgIpc) is 2.87. The number of hydrogen-bond donors (Lipinski definition) is 2. The number of hydrogen-bond acceptors (Lipinski definition) is 1. The van der Waals surface area contributed by atoms with Crippen molar-refractivity contribution >= 4 is 26.8 Å². The number of halogens is 1. The lowest BCUT2D eigenvalue weighted by molar-refractivity contribution is 0.133. The van der Waals surface area contributed by atoms with Gasteiger partial charge in [-0.05, 0) is 42.9 Å². The molecule has 0 bridgehead atoms. The highest BCUT2D eigenvalue weighted by Gasteiger charge is 2.25. The van der Waals surface area contributed by atoms with Gasteiger partial charge in [0.2, 0.25) is 0 Å². The lowest BCUT2D eigenvalue weighted by atomic mass is 9.96. The molecule has 1 fully saturated rings. The molecule has 2 N–H and O–H groups in total. The Bertz CT molecular complexity index is 534. The van der Waals surface area contributed by atoms with E-state index in [9.17, 15) is 5.11 Å². The molecule has 1 aliphatic rings. The Kier molecular flexibility index (Phi) is 2.97. The summed E-state index contributed by atoms with van der Waals surface area (Å²) >= 11 is 3.48. The van der Waals surface area contributed by atoms with E-state index in [0.29, 0.717) is 5.92 Å². The number of nitrogens with one attached hydrogen (secondary N) is 1. The number of aromatic nitrogens is 1. The molecule has 3 rings (SSSR count). The number of aliphatic hydroxyl groups excluding tert-OH is 1. The van der Waals surface area contributed by atoms with Gasteiger partial charge in [-0.1, -0.05) is 28.4 Å². The van der Waals surface area contributed by atoms with Crippen molar-refractivity contribution in [2.24, 2.45) is 5.92 Å². The third-order valence-electron chi connectivity index (χ3n) is 3.83. The Hall–Kier alpha value is -0.800. The smallest absolute Gasteiger partial charge is 0.0571 e. The van der Waals surface area contributed by atoms with Crippen LogP contribution in [0.1, 0.15) is 24.8 Å². The van der Waals surface area contributed by atoms with Crippen molar-refractivity contribution in [1.29, 1.82) is 0 Å². The Morgan fingerprint density at radius 1 is 1.35 bits per heavy atom. The van der Waals surface area contributed by atoms with E-state index in [2.05, 4.69) is 45.3 Å². The van der Waals surface area contributed by atoms with Gasteiger partial charge in [0.05, 0.1) is 6.10 Å². The van der Waals surface area contributed by atoms with E-state index in [1.54, 1.807) is 0 Å². The summed E-state index contributed by atoms with van der Waals surface area (Å²) in [6, 6.07) is 6.32. The quantitative estimate of drug-likeness (QED) is 0.871. The van der Waals surface area contributed by atoms with Crippen molar-refractivity contribution in [2.75, 3.05) is 0 Å². The minimum Gasteiger partial charge on any atom is -0.393 e. The summed E-state index contributed by atoms with van der Waals surface area (Å²) in [6.07, 6.45) is 6.27.